The minimum absolute atomic E-state index is 0.313. The Bertz CT molecular complexity index is 333. The molecule has 0 spiro atoms. The second kappa shape index (κ2) is 4.42. The standard InChI is InChI=1S/C12H16ClNO/c1-9-5-10(13)7-12(6-9)15-11-3-4-14(2)8-11/h5-7,11H,3-4,8H2,1-2H3. The van der Waals surface area contributed by atoms with E-state index in [9.17, 15) is 0 Å². The van der Waals surface area contributed by atoms with E-state index in [1.807, 2.05) is 25.1 Å². The number of likely N-dealkylation sites (N-methyl/N-ethyl adjacent to an activating group) is 1. The molecule has 3 heteroatoms. The zero-order valence-corrected chi connectivity index (χ0v) is 9.92. The van der Waals surface area contributed by atoms with Gasteiger partial charge in [0.1, 0.15) is 11.9 Å². The van der Waals surface area contributed by atoms with Gasteiger partial charge in [-0.25, -0.2) is 0 Å². The second-order valence-corrected chi connectivity index (χ2v) is 4.69. The summed E-state index contributed by atoms with van der Waals surface area (Å²) in [4.78, 5) is 2.28. The van der Waals surface area contributed by atoms with Crippen LogP contribution >= 0.6 is 11.6 Å². The van der Waals surface area contributed by atoms with Crippen LogP contribution in [0.1, 0.15) is 12.0 Å². The molecule has 2 nitrogen and oxygen atoms in total. The average Bonchev–Trinajstić information content (AvgIpc) is 2.49. The average molecular weight is 226 g/mol. The molecule has 1 aromatic carbocycles. The van der Waals surface area contributed by atoms with Crippen LogP contribution in [0.2, 0.25) is 5.02 Å². The van der Waals surface area contributed by atoms with Crippen LogP contribution in [0, 0.1) is 6.92 Å². The van der Waals surface area contributed by atoms with E-state index in [1.54, 1.807) is 0 Å². The normalized spacial score (nSPS) is 21.9. The quantitative estimate of drug-likeness (QED) is 0.768. The van der Waals surface area contributed by atoms with Crippen LogP contribution < -0.4 is 4.74 Å². The molecule has 0 radical (unpaired) electrons. The highest BCUT2D eigenvalue weighted by Crippen LogP contribution is 2.23. The fraction of sp³-hybridized carbons (Fsp3) is 0.500. The third-order valence-electron chi connectivity index (χ3n) is 2.67. The number of likely N-dealkylation sites (tertiary alicyclic amines) is 1. The van der Waals surface area contributed by atoms with Crippen LogP contribution in [0.4, 0.5) is 0 Å². The van der Waals surface area contributed by atoms with Crippen molar-refractivity contribution in [2.45, 2.75) is 19.4 Å². The third-order valence-corrected chi connectivity index (χ3v) is 2.88. The summed E-state index contributed by atoms with van der Waals surface area (Å²) in [6.45, 7) is 4.15. The fourth-order valence-corrected chi connectivity index (χ4v) is 2.23. The van der Waals surface area contributed by atoms with Crippen LogP contribution in [0.5, 0.6) is 5.75 Å². The van der Waals surface area contributed by atoms with Gasteiger partial charge in [0.25, 0.3) is 0 Å². The summed E-state index contributed by atoms with van der Waals surface area (Å²) >= 11 is 5.97. The van der Waals surface area contributed by atoms with Gasteiger partial charge in [-0.3, -0.25) is 0 Å². The van der Waals surface area contributed by atoms with Gasteiger partial charge in [-0.05, 0) is 44.2 Å². The van der Waals surface area contributed by atoms with Crippen molar-refractivity contribution in [3.63, 3.8) is 0 Å². The summed E-state index contributed by atoms with van der Waals surface area (Å²) in [6, 6.07) is 5.85. The Morgan fingerprint density at radius 2 is 2.20 bits per heavy atom. The number of halogens is 1. The number of ether oxygens (including phenoxy) is 1. The minimum atomic E-state index is 0.313. The molecule has 1 heterocycles. The molecule has 1 fully saturated rings. The van der Waals surface area contributed by atoms with Crippen LogP contribution in [-0.4, -0.2) is 31.1 Å². The van der Waals surface area contributed by atoms with Gasteiger partial charge in [-0.15, -0.1) is 0 Å². The fourth-order valence-electron chi connectivity index (χ4n) is 1.95. The molecule has 82 valence electrons. The lowest BCUT2D eigenvalue weighted by atomic mass is 10.2. The molecular weight excluding hydrogens is 210 g/mol. The van der Waals surface area contributed by atoms with Gasteiger partial charge in [0.05, 0.1) is 0 Å². The number of hydrogen-bond donors (Lipinski definition) is 0. The number of rotatable bonds is 2. The van der Waals surface area contributed by atoms with Gasteiger partial charge >= 0.3 is 0 Å². The maximum atomic E-state index is 5.97. The van der Waals surface area contributed by atoms with Gasteiger partial charge in [0, 0.05) is 18.1 Å². The van der Waals surface area contributed by atoms with Crippen molar-refractivity contribution in [2.75, 3.05) is 20.1 Å². The molecule has 1 aromatic rings. The Morgan fingerprint density at radius 3 is 2.80 bits per heavy atom. The highest BCUT2D eigenvalue weighted by atomic mass is 35.5. The highest BCUT2D eigenvalue weighted by molar-refractivity contribution is 6.30. The summed E-state index contributed by atoms with van der Waals surface area (Å²) in [6.07, 6.45) is 1.41. The first-order valence-corrected chi connectivity index (χ1v) is 5.63. The molecule has 0 amide bonds. The van der Waals surface area contributed by atoms with Crippen molar-refractivity contribution in [1.82, 2.24) is 4.90 Å². The van der Waals surface area contributed by atoms with Crippen molar-refractivity contribution < 1.29 is 4.74 Å². The molecule has 0 saturated carbocycles. The van der Waals surface area contributed by atoms with Gasteiger partial charge in [-0.1, -0.05) is 11.6 Å². The number of benzene rings is 1. The molecular formula is C12H16ClNO. The van der Waals surface area contributed by atoms with E-state index >= 15 is 0 Å². The Kier molecular flexibility index (Phi) is 3.17. The van der Waals surface area contributed by atoms with E-state index < -0.39 is 0 Å². The van der Waals surface area contributed by atoms with Crippen molar-refractivity contribution in [1.29, 1.82) is 0 Å². The summed E-state index contributed by atoms with van der Waals surface area (Å²) in [5.74, 6) is 0.889. The van der Waals surface area contributed by atoms with Gasteiger partial charge in [0.15, 0.2) is 0 Å². The molecule has 0 aliphatic carbocycles. The van der Waals surface area contributed by atoms with Crippen LogP contribution in [0.3, 0.4) is 0 Å². The summed E-state index contributed by atoms with van der Waals surface area (Å²) in [5.41, 5.74) is 1.14. The minimum Gasteiger partial charge on any atom is -0.489 e. The molecule has 2 rings (SSSR count). The molecule has 0 N–H and O–H groups in total. The summed E-state index contributed by atoms with van der Waals surface area (Å²) in [5, 5.41) is 0.747. The largest absolute Gasteiger partial charge is 0.489 e. The maximum Gasteiger partial charge on any atom is 0.121 e. The van der Waals surface area contributed by atoms with Crippen LogP contribution in [-0.2, 0) is 0 Å². The van der Waals surface area contributed by atoms with E-state index in [0.29, 0.717) is 6.10 Å². The molecule has 0 bridgehead atoms. The second-order valence-electron chi connectivity index (χ2n) is 4.26. The molecule has 1 atom stereocenters. The first kappa shape index (κ1) is 10.8. The molecule has 15 heavy (non-hydrogen) atoms. The van der Waals surface area contributed by atoms with Crippen LogP contribution in [0.15, 0.2) is 18.2 Å². The topological polar surface area (TPSA) is 12.5 Å². The van der Waals surface area contributed by atoms with Crippen molar-refractivity contribution in [3.05, 3.63) is 28.8 Å². The molecule has 1 aliphatic rings. The smallest absolute Gasteiger partial charge is 0.121 e. The zero-order chi connectivity index (χ0) is 10.8. The van der Waals surface area contributed by atoms with Crippen molar-refractivity contribution in [2.24, 2.45) is 0 Å². The first-order chi connectivity index (χ1) is 7.13. The number of aryl methyl sites for hydroxylation is 1. The Hall–Kier alpha value is -0.730. The lowest BCUT2D eigenvalue weighted by molar-refractivity contribution is 0.208. The van der Waals surface area contributed by atoms with E-state index in [4.69, 9.17) is 16.3 Å². The van der Waals surface area contributed by atoms with E-state index in [-0.39, 0.29) is 0 Å². The summed E-state index contributed by atoms with van der Waals surface area (Å²) < 4.78 is 5.88. The lowest BCUT2D eigenvalue weighted by Crippen LogP contribution is -2.21. The predicted octanol–water partition coefficient (Wildman–Crippen LogP) is 2.73. The highest BCUT2D eigenvalue weighted by Gasteiger charge is 2.20. The van der Waals surface area contributed by atoms with E-state index in [1.165, 1.54) is 0 Å². The predicted molar refractivity (Wildman–Crippen MR) is 62.7 cm³/mol. The monoisotopic (exact) mass is 225 g/mol. The SMILES string of the molecule is Cc1cc(Cl)cc(OC2CCN(C)C2)c1. The number of hydrogen-bond acceptors (Lipinski definition) is 2. The Morgan fingerprint density at radius 1 is 1.40 bits per heavy atom. The summed E-state index contributed by atoms with van der Waals surface area (Å²) in [7, 11) is 2.12. The molecule has 1 aliphatic heterocycles. The lowest BCUT2D eigenvalue weighted by Gasteiger charge is -2.14. The van der Waals surface area contributed by atoms with Crippen molar-refractivity contribution >= 4 is 11.6 Å². The Balaban J connectivity index is 2.04. The Labute approximate surface area is 95.8 Å². The zero-order valence-electron chi connectivity index (χ0n) is 9.16. The van der Waals surface area contributed by atoms with E-state index in [0.717, 1.165) is 35.8 Å². The van der Waals surface area contributed by atoms with Gasteiger partial charge < -0.3 is 9.64 Å². The third kappa shape index (κ3) is 2.86. The number of nitrogens with zero attached hydrogens (tertiary/aromatic N) is 1. The first-order valence-electron chi connectivity index (χ1n) is 5.26. The molecule has 1 saturated heterocycles. The van der Waals surface area contributed by atoms with Gasteiger partial charge in [-0.2, -0.15) is 0 Å². The van der Waals surface area contributed by atoms with Gasteiger partial charge in [0.2, 0.25) is 0 Å². The van der Waals surface area contributed by atoms with E-state index in [2.05, 4.69) is 11.9 Å². The maximum absolute atomic E-state index is 5.97. The van der Waals surface area contributed by atoms with Crippen molar-refractivity contribution in [3.8, 4) is 5.75 Å². The molecule has 0 aromatic heterocycles. The molecule has 1 unspecified atom stereocenters. The van der Waals surface area contributed by atoms with Crippen LogP contribution in [0.25, 0.3) is 0 Å².